The fourth-order valence-electron chi connectivity index (χ4n) is 3.63. The van der Waals surface area contributed by atoms with E-state index in [1.165, 1.54) is 6.92 Å². The summed E-state index contributed by atoms with van der Waals surface area (Å²) >= 11 is 0. The SMILES string of the molecule is CC(O[Si](C)(C)C(C)(C)C)C1C(=O)N([Si](C)(C)C(C)(C)C)C1C(C)(C(=O)O)C(=O)O. The van der Waals surface area contributed by atoms with Crippen molar-refractivity contribution in [1.29, 1.82) is 0 Å². The van der Waals surface area contributed by atoms with Crippen molar-refractivity contribution >= 4 is 34.4 Å². The molecule has 0 bridgehead atoms. The smallest absolute Gasteiger partial charge is 0.322 e. The molecular weight excluding hydrogens is 418 g/mol. The summed E-state index contributed by atoms with van der Waals surface area (Å²) in [6.07, 6.45) is -0.567. The van der Waals surface area contributed by atoms with Crippen molar-refractivity contribution in [3.05, 3.63) is 0 Å². The minimum atomic E-state index is -2.52. The largest absolute Gasteiger partial charge is 0.480 e. The number of hydrogen-bond donors (Lipinski definition) is 2. The van der Waals surface area contributed by atoms with E-state index in [0.29, 0.717) is 0 Å². The van der Waals surface area contributed by atoms with Gasteiger partial charge in [0.05, 0.1) is 18.1 Å². The van der Waals surface area contributed by atoms with Gasteiger partial charge in [0.25, 0.3) is 0 Å². The van der Waals surface area contributed by atoms with Crippen LogP contribution in [0.2, 0.25) is 36.3 Å². The van der Waals surface area contributed by atoms with Crippen molar-refractivity contribution in [3.8, 4) is 0 Å². The first-order valence-corrected chi connectivity index (χ1v) is 16.4. The van der Waals surface area contributed by atoms with Gasteiger partial charge in [0, 0.05) is 0 Å². The highest BCUT2D eigenvalue weighted by molar-refractivity contribution is 6.80. The number of rotatable bonds is 7. The summed E-state index contributed by atoms with van der Waals surface area (Å²) in [5.41, 5.74) is -2.11. The van der Waals surface area contributed by atoms with Crippen molar-refractivity contribution < 1.29 is 29.0 Å². The van der Waals surface area contributed by atoms with Crippen LogP contribution in [0, 0.1) is 11.3 Å². The van der Waals surface area contributed by atoms with Gasteiger partial charge in [-0.25, -0.2) is 0 Å². The molecule has 7 nitrogen and oxygen atoms in total. The molecule has 2 N–H and O–H groups in total. The lowest BCUT2D eigenvalue weighted by molar-refractivity contribution is -0.183. The van der Waals surface area contributed by atoms with E-state index in [2.05, 4.69) is 33.9 Å². The number of carboxylic acids is 2. The third-order valence-corrected chi connectivity index (χ3v) is 17.8. The molecule has 0 radical (unpaired) electrons. The number of β-lactam (4-membered cyclic amide) rings is 1. The van der Waals surface area contributed by atoms with Crippen molar-refractivity contribution in [3.63, 3.8) is 0 Å². The monoisotopic (exact) mass is 459 g/mol. The van der Waals surface area contributed by atoms with Gasteiger partial charge in [-0.15, -0.1) is 0 Å². The lowest BCUT2D eigenvalue weighted by Crippen LogP contribution is -2.80. The lowest BCUT2D eigenvalue weighted by Gasteiger charge is -2.62. The Balaban J connectivity index is 3.55. The average Bonchev–Trinajstić information content (AvgIpc) is 2.48. The quantitative estimate of drug-likeness (QED) is 0.332. The summed E-state index contributed by atoms with van der Waals surface area (Å²) in [4.78, 5) is 37.9. The summed E-state index contributed by atoms with van der Waals surface area (Å²) in [7, 11) is -4.76. The molecule has 1 saturated heterocycles. The first-order valence-electron chi connectivity index (χ1n) is 10.5. The Morgan fingerprint density at radius 3 is 1.63 bits per heavy atom. The van der Waals surface area contributed by atoms with Crippen LogP contribution < -0.4 is 0 Å². The number of aliphatic carboxylic acids is 2. The second kappa shape index (κ2) is 7.74. The first-order chi connectivity index (χ1) is 13.0. The van der Waals surface area contributed by atoms with E-state index in [4.69, 9.17) is 4.43 Å². The van der Waals surface area contributed by atoms with E-state index in [0.717, 1.165) is 0 Å². The predicted octanol–water partition coefficient (Wildman–Crippen LogP) is 4.40. The van der Waals surface area contributed by atoms with Crippen LogP contribution in [0.4, 0.5) is 0 Å². The second-order valence-corrected chi connectivity index (χ2v) is 21.7. The Labute approximate surface area is 183 Å². The molecule has 174 valence electrons. The van der Waals surface area contributed by atoms with E-state index in [1.807, 2.05) is 33.9 Å². The van der Waals surface area contributed by atoms with Gasteiger partial charge >= 0.3 is 11.9 Å². The van der Waals surface area contributed by atoms with Gasteiger partial charge in [-0.05, 0) is 37.0 Å². The zero-order valence-electron chi connectivity index (χ0n) is 20.7. The van der Waals surface area contributed by atoms with Crippen molar-refractivity contribution in [2.24, 2.45) is 11.3 Å². The fourth-order valence-corrected chi connectivity index (χ4v) is 7.60. The molecule has 1 aliphatic rings. The third-order valence-electron chi connectivity index (χ3n) is 7.85. The van der Waals surface area contributed by atoms with E-state index < -0.39 is 52.0 Å². The molecule has 9 heteroatoms. The molecule has 1 fully saturated rings. The Hall–Kier alpha value is -1.20. The Morgan fingerprint density at radius 2 is 1.33 bits per heavy atom. The molecule has 0 saturated carbocycles. The summed E-state index contributed by atoms with van der Waals surface area (Å²) < 4.78 is 8.05. The summed E-state index contributed by atoms with van der Waals surface area (Å²) in [5.74, 6) is -3.85. The standard InChI is InChI=1S/C21H41NO6Si2/c1-13(28-30(11,12)20(5,6)7)14-15(21(8,17(24)25)18(26)27)22(16(14)23)29(9,10)19(2,3)4/h13-15H,1-12H3,(H,24,25)(H,26,27). The fraction of sp³-hybridized carbons (Fsp3) is 0.857. The van der Waals surface area contributed by atoms with Crippen LogP contribution in [0.5, 0.6) is 0 Å². The molecule has 1 rings (SSSR count). The average molecular weight is 460 g/mol. The molecule has 30 heavy (non-hydrogen) atoms. The van der Waals surface area contributed by atoms with Crippen LogP contribution in [0.25, 0.3) is 0 Å². The first kappa shape index (κ1) is 26.8. The highest BCUT2D eigenvalue weighted by Crippen LogP contribution is 2.51. The number of carboxylic acid groups (broad SMARTS) is 2. The molecule has 0 aromatic heterocycles. The van der Waals surface area contributed by atoms with Gasteiger partial charge in [-0.3, -0.25) is 14.4 Å². The lowest BCUT2D eigenvalue weighted by atomic mass is 9.69. The molecule has 1 amide bonds. The highest BCUT2D eigenvalue weighted by atomic mass is 28.4. The number of carbonyl (C=O) groups is 3. The normalized spacial score (nSPS) is 22.5. The highest BCUT2D eigenvalue weighted by Gasteiger charge is 2.68. The van der Waals surface area contributed by atoms with Gasteiger partial charge in [0.15, 0.2) is 22.0 Å². The van der Waals surface area contributed by atoms with E-state index in [1.54, 1.807) is 11.5 Å². The molecule has 0 aromatic carbocycles. The van der Waals surface area contributed by atoms with E-state index >= 15 is 0 Å². The molecular formula is C21H41NO6Si2. The number of hydrogen-bond acceptors (Lipinski definition) is 4. The maximum atomic E-state index is 13.4. The van der Waals surface area contributed by atoms with Crippen molar-refractivity contribution in [2.45, 2.75) is 104 Å². The molecule has 1 aliphatic heterocycles. The number of carbonyl (C=O) groups excluding carboxylic acids is 1. The van der Waals surface area contributed by atoms with Gasteiger partial charge in [-0.1, -0.05) is 54.6 Å². The van der Waals surface area contributed by atoms with Crippen LogP contribution in [0.15, 0.2) is 0 Å². The summed E-state index contributed by atoms with van der Waals surface area (Å²) in [6, 6.07) is -0.958. The maximum absolute atomic E-state index is 13.4. The Morgan fingerprint density at radius 1 is 0.933 bits per heavy atom. The van der Waals surface area contributed by atoms with Crippen LogP contribution in [-0.4, -0.2) is 61.3 Å². The zero-order valence-corrected chi connectivity index (χ0v) is 22.7. The molecule has 0 aromatic rings. The van der Waals surface area contributed by atoms with Gasteiger partial charge in [-0.2, -0.15) is 0 Å². The van der Waals surface area contributed by atoms with Crippen LogP contribution in [0.1, 0.15) is 55.4 Å². The van der Waals surface area contributed by atoms with Gasteiger partial charge < -0.3 is 19.2 Å². The van der Waals surface area contributed by atoms with Crippen LogP contribution >= 0.6 is 0 Å². The molecule has 3 atom stereocenters. The number of amides is 1. The van der Waals surface area contributed by atoms with Crippen molar-refractivity contribution in [1.82, 2.24) is 4.57 Å². The topological polar surface area (TPSA) is 104 Å². The third kappa shape index (κ3) is 4.12. The number of nitrogens with zero attached hydrogens (tertiary/aromatic N) is 1. The summed E-state index contributed by atoms with van der Waals surface area (Å²) in [5, 5.41) is 19.5. The molecule has 0 aliphatic carbocycles. The molecule has 0 spiro atoms. The van der Waals surface area contributed by atoms with E-state index in [-0.39, 0.29) is 16.0 Å². The van der Waals surface area contributed by atoms with Crippen molar-refractivity contribution in [2.75, 3.05) is 0 Å². The minimum absolute atomic E-state index is 0.0917. The maximum Gasteiger partial charge on any atom is 0.322 e. The van der Waals surface area contributed by atoms with E-state index in [9.17, 15) is 24.6 Å². The molecule has 3 unspecified atom stereocenters. The molecule has 1 heterocycles. The predicted molar refractivity (Wildman–Crippen MR) is 122 cm³/mol. The Bertz CT molecular complexity index is 706. The van der Waals surface area contributed by atoms with Gasteiger partial charge in [0.2, 0.25) is 5.91 Å². The summed E-state index contributed by atoms with van der Waals surface area (Å²) in [6.45, 7) is 23.5. The zero-order chi connectivity index (χ0) is 24.2. The van der Waals surface area contributed by atoms with Crippen LogP contribution in [-0.2, 0) is 18.8 Å². The Kier molecular flexibility index (Phi) is 6.92. The minimum Gasteiger partial charge on any atom is -0.480 e. The van der Waals surface area contributed by atoms with Crippen LogP contribution in [0.3, 0.4) is 0 Å². The van der Waals surface area contributed by atoms with Gasteiger partial charge in [0.1, 0.15) is 0 Å². The second-order valence-electron chi connectivity index (χ2n) is 11.9.